The van der Waals surface area contributed by atoms with E-state index >= 15 is 0 Å². The number of alkyl halides is 2. The molecule has 0 aliphatic heterocycles. The van der Waals surface area contributed by atoms with Gasteiger partial charge in [-0.25, -0.2) is 26.7 Å². The quantitative estimate of drug-likeness (QED) is 0.605. The predicted molar refractivity (Wildman–Crippen MR) is 67.1 cm³/mol. The Labute approximate surface area is 119 Å². The standard InChI is InChI=1S/C11H13F2NO6S/c12-10(13)6-20-4-3-14-21(18,19)7-1-2-9(15)8(5-7)11(16)17/h1-2,5,10,14-15H,3-4,6H2,(H,16,17). The van der Waals surface area contributed by atoms with Crippen LogP contribution in [-0.4, -0.2) is 50.8 Å². The van der Waals surface area contributed by atoms with E-state index in [1.165, 1.54) is 0 Å². The smallest absolute Gasteiger partial charge is 0.339 e. The third kappa shape index (κ3) is 5.25. The number of nitrogens with one attached hydrogen (secondary N) is 1. The van der Waals surface area contributed by atoms with Gasteiger partial charge in [0.25, 0.3) is 6.43 Å². The number of halogens is 2. The molecule has 1 rings (SSSR count). The number of carboxylic acids is 1. The van der Waals surface area contributed by atoms with Gasteiger partial charge in [0.1, 0.15) is 17.9 Å². The van der Waals surface area contributed by atoms with Crippen LogP contribution in [0, 0.1) is 0 Å². The lowest BCUT2D eigenvalue weighted by molar-refractivity contribution is 0.0199. The lowest BCUT2D eigenvalue weighted by Gasteiger charge is -2.08. The second-order valence-corrected chi connectivity index (χ2v) is 5.61. The van der Waals surface area contributed by atoms with Gasteiger partial charge in [-0.3, -0.25) is 0 Å². The molecule has 0 saturated heterocycles. The highest BCUT2D eigenvalue weighted by atomic mass is 32.2. The maximum atomic E-state index is 11.8. The first-order valence-electron chi connectivity index (χ1n) is 5.66. The molecule has 0 aliphatic rings. The summed E-state index contributed by atoms with van der Waals surface area (Å²) in [4.78, 5) is 10.4. The molecular formula is C11H13F2NO6S. The molecule has 0 amide bonds. The molecule has 1 aromatic carbocycles. The van der Waals surface area contributed by atoms with Crippen LogP contribution >= 0.6 is 0 Å². The van der Waals surface area contributed by atoms with Gasteiger partial charge in [0.2, 0.25) is 10.0 Å². The summed E-state index contributed by atoms with van der Waals surface area (Å²) in [5.74, 6) is -2.05. The SMILES string of the molecule is O=C(O)c1cc(S(=O)(=O)NCCOCC(F)F)ccc1O. The number of carbonyl (C=O) groups is 1. The number of ether oxygens (including phenoxy) is 1. The van der Waals surface area contributed by atoms with Gasteiger partial charge in [0, 0.05) is 6.54 Å². The fourth-order valence-corrected chi connectivity index (χ4v) is 2.40. The Morgan fingerprint density at radius 2 is 2.05 bits per heavy atom. The molecule has 0 radical (unpaired) electrons. The average molecular weight is 325 g/mol. The van der Waals surface area contributed by atoms with E-state index in [0.717, 1.165) is 18.2 Å². The number of hydrogen-bond donors (Lipinski definition) is 3. The first-order valence-corrected chi connectivity index (χ1v) is 7.14. The summed E-state index contributed by atoms with van der Waals surface area (Å²) in [6, 6.07) is 2.75. The highest BCUT2D eigenvalue weighted by molar-refractivity contribution is 7.89. The first kappa shape index (κ1) is 17.3. The van der Waals surface area contributed by atoms with Crippen molar-refractivity contribution in [2.24, 2.45) is 0 Å². The number of aromatic hydroxyl groups is 1. The summed E-state index contributed by atoms with van der Waals surface area (Å²) in [5.41, 5.74) is -0.563. The maximum absolute atomic E-state index is 11.8. The minimum Gasteiger partial charge on any atom is -0.507 e. The van der Waals surface area contributed by atoms with Crippen molar-refractivity contribution in [1.29, 1.82) is 0 Å². The summed E-state index contributed by atoms with van der Waals surface area (Å²) < 4.78 is 53.8. The van der Waals surface area contributed by atoms with E-state index < -0.39 is 40.3 Å². The van der Waals surface area contributed by atoms with Gasteiger partial charge in [0.15, 0.2) is 0 Å². The highest BCUT2D eigenvalue weighted by Crippen LogP contribution is 2.21. The van der Waals surface area contributed by atoms with Gasteiger partial charge in [-0.05, 0) is 18.2 Å². The Bertz CT molecular complexity index is 605. The number of sulfonamides is 1. The minimum atomic E-state index is -4.03. The van der Waals surface area contributed by atoms with Crippen molar-refractivity contribution in [3.8, 4) is 5.75 Å². The summed E-state index contributed by atoms with van der Waals surface area (Å²) in [5, 5.41) is 18.1. The van der Waals surface area contributed by atoms with Gasteiger partial charge < -0.3 is 14.9 Å². The van der Waals surface area contributed by atoms with E-state index in [4.69, 9.17) is 5.11 Å². The molecule has 3 N–H and O–H groups in total. The zero-order chi connectivity index (χ0) is 16.0. The Morgan fingerprint density at radius 1 is 1.38 bits per heavy atom. The number of benzene rings is 1. The molecule has 7 nitrogen and oxygen atoms in total. The lowest BCUT2D eigenvalue weighted by atomic mass is 10.2. The molecule has 0 aliphatic carbocycles. The normalized spacial score (nSPS) is 11.8. The minimum absolute atomic E-state index is 0.252. The van der Waals surface area contributed by atoms with Gasteiger partial charge in [-0.2, -0.15) is 0 Å². The molecule has 0 spiro atoms. The van der Waals surface area contributed by atoms with E-state index in [2.05, 4.69) is 9.46 Å². The molecule has 0 atom stereocenters. The molecule has 1 aromatic rings. The third-order valence-corrected chi connectivity index (χ3v) is 3.75. The fourth-order valence-electron chi connectivity index (χ4n) is 1.36. The van der Waals surface area contributed by atoms with Crippen LogP contribution in [0.2, 0.25) is 0 Å². The van der Waals surface area contributed by atoms with Crippen molar-refractivity contribution in [2.75, 3.05) is 19.8 Å². The predicted octanol–water partition coefficient (Wildman–Crippen LogP) is 0.650. The maximum Gasteiger partial charge on any atom is 0.339 e. The number of rotatable bonds is 8. The number of phenols is 1. The second-order valence-electron chi connectivity index (χ2n) is 3.85. The molecule has 118 valence electrons. The zero-order valence-corrected chi connectivity index (χ0v) is 11.4. The largest absolute Gasteiger partial charge is 0.507 e. The number of carboxylic acid groups (broad SMARTS) is 1. The molecule has 0 heterocycles. The fraction of sp³-hybridized carbons (Fsp3) is 0.364. The van der Waals surface area contributed by atoms with Crippen LogP contribution in [0.25, 0.3) is 0 Å². The van der Waals surface area contributed by atoms with Crippen molar-refractivity contribution in [3.05, 3.63) is 23.8 Å². The van der Waals surface area contributed by atoms with Crippen molar-refractivity contribution >= 4 is 16.0 Å². The molecule has 0 unspecified atom stereocenters. The van der Waals surface area contributed by atoms with E-state index in [1.54, 1.807) is 0 Å². The van der Waals surface area contributed by atoms with Crippen LogP contribution in [0.3, 0.4) is 0 Å². The summed E-state index contributed by atoms with van der Waals surface area (Å²) >= 11 is 0. The van der Waals surface area contributed by atoms with Gasteiger partial charge in [-0.1, -0.05) is 0 Å². The van der Waals surface area contributed by atoms with Crippen molar-refractivity contribution < 1.29 is 36.9 Å². The monoisotopic (exact) mass is 325 g/mol. The topological polar surface area (TPSA) is 113 Å². The van der Waals surface area contributed by atoms with E-state index in [1.807, 2.05) is 0 Å². The summed E-state index contributed by atoms with van der Waals surface area (Å²) in [7, 11) is -4.03. The van der Waals surface area contributed by atoms with E-state index in [9.17, 15) is 27.1 Å². The van der Waals surface area contributed by atoms with Gasteiger partial charge >= 0.3 is 5.97 Å². The Morgan fingerprint density at radius 3 is 2.62 bits per heavy atom. The summed E-state index contributed by atoms with van der Waals surface area (Å²) in [6.07, 6.45) is -2.64. The van der Waals surface area contributed by atoms with Crippen molar-refractivity contribution in [3.63, 3.8) is 0 Å². The van der Waals surface area contributed by atoms with E-state index in [0.29, 0.717) is 0 Å². The van der Waals surface area contributed by atoms with Crippen LogP contribution in [0.4, 0.5) is 8.78 Å². The average Bonchev–Trinajstić information content (AvgIpc) is 2.37. The number of aromatic carboxylic acids is 1. The van der Waals surface area contributed by atoms with E-state index in [-0.39, 0.29) is 18.0 Å². The van der Waals surface area contributed by atoms with Crippen LogP contribution in [0.15, 0.2) is 23.1 Å². The van der Waals surface area contributed by atoms with Crippen molar-refractivity contribution in [1.82, 2.24) is 4.72 Å². The van der Waals surface area contributed by atoms with Crippen molar-refractivity contribution in [2.45, 2.75) is 11.3 Å². The first-order chi connectivity index (χ1) is 9.74. The molecule has 0 bridgehead atoms. The Kier molecular flexibility index (Phi) is 6.00. The third-order valence-electron chi connectivity index (χ3n) is 2.29. The molecule has 0 fully saturated rings. The lowest BCUT2D eigenvalue weighted by Crippen LogP contribution is -2.28. The molecule has 21 heavy (non-hydrogen) atoms. The van der Waals surface area contributed by atoms with Gasteiger partial charge in [0.05, 0.1) is 11.5 Å². The zero-order valence-electron chi connectivity index (χ0n) is 10.6. The molecule has 0 saturated carbocycles. The second kappa shape index (κ2) is 7.29. The highest BCUT2D eigenvalue weighted by Gasteiger charge is 2.18. The molecule has 10 heteroatoms. The van der Waals surface area contributed by atoms with Crippen LogP contribution in [0.5, 0.6) is 5.75 Å². The van der Waals surface area contributed by atoms with Crippen LogP contribution in [-0.2, 0) is 14.8 Å². The number of hydrogen-bond acceptors (Lipinski definition) is 5. The molecular weight excluding hydrogens is 312 g/mol. The Balaban J connectivity index is 2.70. The Hall–Kier alpha value is -1.78. The van der Waals surface area contributed by atoms with Crippen LogP contribution < -0.4 is 4.72 Å². The molecule has 0 aromatic heterocycles. The van der Waals surface area contributed by atoms with Crippen LogP contribution in [0.1, 0.15) is 10.4 Å². The summed E-state index contributed by atoms with van der Waals surface area (Å²) in [6.45, 7) is -1.31. The van der Waals surface area contributed by atoms with Gasteiger partial charge in [-0.15, -0.1) is 0 Å².